The zero-order chi connectivity index (χ0) is 16.6. The van der Waals surface area contributed by atoms with Gasteiger partial charge in [0.15, 0.2) is 0 Å². The van der Waals surface area contributed by atoms with E-state index >= 15 is 0 Å². The van der Waals surface area contributed by atoms with Crippen LogP contribution < -0.4 is 16.4 Å². The van der Waals surface area contributed by atoms with Crippen LogP contribution in [0.5, 0.6) is 0 Å². The van der Waals surface area contributed by atoms with Gasteiger partial charge in [0.25, 0.3) is 5.91 Å². The topological polar surface area (TPSA) is 105 Å². The summed E-state index contributed by atoms with van der Waals surface area (Å²) < 4.78 is 0. The molecule has 1 saturated heterocycles. The molecule has 2 aliphatic carbocycles. The Labute approximate surface area is 136 Å². The normalized spacial score (nSPS) is 32.1. The number of carbonyl (C=O) groups is 3. The number of carbonyl (C=O) groups excluding carboxylic acids is 3. The van der Waals surface area contributed by atoms with E-state index in [0.717, 1.165) is 37.0 Å². The van der Waals surface area contributed by atoms with Gasteiger partial charge >= 0.3 is 6.03 Å². The van der Waals surface area contributed by atoms with E-state index in [2.05, 4.69) is 10.6 Å². The van der Waals surface area contributed by atoms with Gasteiger partial charge in [-0.3, -0.25) is 14.5 Å². The molecule has 3 unspecified atom stereocenters. The third-order valence-corrected chi connectivity index (χ3v) is 5.57. The van der Waals surface area contributed by atoms with Gasteiger partial charge in [-0.1, -0.05) is 19.8 Å². The van der Waals surface area contributed by atoms with E-state index in [-0.39, 0.29) is 30.3 Å². The average molecular weight is 322 g/mol. The van der Waals surface area contributed by atoms with Crippen LogP contribution in [0.3, 0.4) is 0 Å². The third kappa shape index (κ3) is 3.06. The van der Waals surface area contributed by atoms with Gasteiger partial charge in [0.2, 0.25) is 5.91 Å². The minimum absolute atomic E-state index is 0.0354. The van der Waals surface area contributed by atoms with Crippen LogP contribution in [0.2, 0.25) is 0 Å². The fourth-order valence-corrected chi connectivity index (χ4v) is 3.76. The second-order valence-electron chi connectivity index (χ2n) is 7.24. The van der Waals surface area contributed by atoms with Gasteiger partial charge < -0.3 is 16.4 Å². The van der Waals surface area contributed by atoms with E-state index in [1.165, 1.54) is 0 Å². The van der Waals surface area contributed by atoms with E-state index in [1.807, 2.05) is 6.92 Å². The van der Waals surface area contributed by atoms with Gasteiger partial charge in [-0.2, -0.15) is 0 Å². The Kier molecular flexibility index (Phi) is 4.31. The first-order valence-electron chi connectivity index (χ1n) is 8.60. The predicted octanol–water partition coefficient (Wildman–Crippen LogP) is 0.341. The summed E-state index contributed by atoms with van der Waals surface area (Å²) in [5.74, 6) is 0.0175. The Bertz CT molecular complexity index is 519. The van der Waals surface area contributed by atoms with E-state index in [4.69, 9.17) is 5.73 Å². The predicted molar refractivity (Wildman–Crippen MR) is 84.3 cm³/mol. The van der Waals surface area contributed by atoms with Crippen molar-refractivity contribution in [1.29, 1.82) is 0 Å². The summed E-state index contributed by atoms with van der Waals surface area (Å²) in [5.41, 5.74) is 5.14. The molecule has 2 saturated carbocycles. The molecule has 3 atom stereocenters. The summed E-state index contributed by atoms with van der Waals surface area (Å²) in [7, 11) is 0. The van der Waals surface area contributed by atoms with E-state index in [1.54, 1.807) is 0 Å². The Morgan fingerprint density at radius 1 is 1.39 bits per heavy atom. The van der Waals surface area contributed by atoms with E-state index in [9.17, 15) is 14.4 Å². The third-order valence-electron chi connectivity index (χ3n) is 5.57. The monoisotopic (exact) mass is 322 g/mol. The molecule has 128 valence electrons. The summed E-state index contributed by atoms with van der Waals surface area (Å²) >= 11 is 0. The summed E-state index contributed by atoms with van der Waals surface area (Å²) in [4.78, 5) is 38.0. The SMILES string of the molecule is CC1CCCCC12NC(=O)N(CC(=O)NCC(N)C1CC1)C2=O. The molecular formula is C16H26N4O3. The molecule has 4 N–H and O–H groups in total. The molecular weight excluding hydrogens is 296 g/mol. The summed E-state index contributed by atoms with van der Waals surface area (Å²) in [6.07, 6.45) is 5.80. The van der Waals surface area contributed by atoms with Crippen molar-refractivity contribution in [2.75, 3.05) is 13.1 Å². The number of urea groups is 1. The zero-order valence-corrected chi connectivity index (χ0v) is 13.6. The number of rotatable bonds is 5. The summed E-state index contributed by atoms with van der Waals surface area (Å²) in [6, 6.07) is -0.489. The van der Waals surface area contributed by atoms with Gasteiger partial charge in [0.1, 0.15) is 12.1 Å². The number of nitrogens with one attached hydrogen (secondary N) is 2. The molecule has 4 amide bonds. The van der Waals surface area contributed by atoms with Crippen LogP contribution in [0.4, 0.5) is 4.79 Å². The second kappa shape index (κ2) is 6.11. The van der Waals surface area contributed by atoms with Crippen LogP contribution in [-0.2, 0) is 9.59 Å². The number of hydrogen-bond donors (Lipinski definition) is 3. The highest BCUT2D eigenvalue weighted by Gasteiger charge is 2.55. The fraction of sp³-hybridized carbons (Fsp3) is 0.812. The van der Waals surface area contributed by atoms with Crippen LogP contribution in [0.25, 0.3) is 0 Å². The van der Waals surface area contributed by atoms with Crippen LogP contribution in [0.15, 0.2) is 0 Å². The smallest absolute Gasteiger partial charge is 0.325 e. The Hall–Kier alpha value is -1.63. The molecule has 23 heavy (non-hydrogen) atoms. The number of hydrogen-bond acceptors (Lipinski definition) is 4. The first-order chi connectivity index (χ1) is 10.9. The first-order valence-corrected chi connectivity index (χ1v) is 8.60. The Balaban J connectivity index is 1.58. The van der Waals surface area contributed by atoms with Crippen molar-refractivity contribution in [2.45, 2.75) is 57.0 Å². The van der Waals surface area contributed by atoms with Gasteiger partial charge in [0, 0.05) is 12.6 Å². The minimum Gasteiger partial charge on any atom is -0.353 e. The molecule has 1 aliphatic heterocycles. The highest BCUT2D eigenvalue weighted by molar-refractivity contribution is 6.09. The van der Waals surface area contributed by atoms with Crippen LogP contribution in [-0.4, -0.2) is 47.4 Å². The van der Waals surface area contributed by atoms with E-state index in [0.29, 0.717) is 18.9 Å². The molecule has 7 heteroatoms. The van der Waals surface area contributed by atoms with Crippen molar-refractivity contribution in [1.82, 2.24) is 15.5 Å². The van der Waals surface area contributed by atoms with Crippen LogP contribution >= 0.6 is 0 Å². The minimum atomic E-state index is -0.806. The van der Waals surface area contributed by atoms with Crippen molar-refractivity contribution < 1.29 is 14.4 Å². The lowest BCUT2D eigenvalue weighted by Crippen LogP contribution is -2.54. The Morgan fingerprint density at radius 2 is 2.13 bits per heavy atom. The molecule has 7 nitrogen and oxygen atoms in total. The maximum Gasteiger partial charge on any atom is 0.325 e. The largest absolute Gasteiger partial charge is 0.353 e. The van der Waals surface area contributed by atoms with Crippen LogP contribution in [0.1, 0.15) is 45.4 Å². The molecule has 1 spiro atoms. The van der Waals surface area contributed by atoms with Crippen LogP contribution in [0, 0.1) is 11.8 Å². The molecule has 0 bridgehead atoms. The standard InChI is InChI=1S/C16H26N4O3/c1-10-4-2-3-7-16(10)14(22)20(15(23)19-16)9-13(21)18-8-12(17)11-5-6-11/h10-12H,2-9,17H2,1H3,(H,18,21)(H,19,23). The summed E-state index contributed by atoms with van der Waals surface area (Å²) in [5, 5.41) is 5.59. The van der Waals surface area contributed by atoms with Crippen molar-refractivity contribution >= 4 is 17.8 Å². The van der Waals surface area contributed by atoms with Gasteiger partial charge in [-0.25, -0.2) is 4.79 Å². The average Bonchev–Trinajstić information content (AvgIpc) is 3.33. The molecule has 3 aliphatic rings. The number of nitrogens with two attached hydrogens (primary N) is 1. The van der Waals surface area contributed by atoms with Gasteiger partial charge in [0.05, 0.1) is 0 Å². The second-order valence-corrected chi connectivity index (χ2v) is 7.24. The highest BCUT2D eigenvalue weighted by Crippen LogP contribution is 2.38. The van der Waals surface area contributed by atoms with Crippen molar-refractivity contribution in [2.24, 2.45) is 17.6 Å². The molecule has 3 rings (SSSR count). The molecule has 0 radical (unpaired) electrons. The molecule has 1 heterocycles. The van der Waals surface area contributed by atoms with Crippen molar-refractivity contribution in [3.63, 3.8) is 0 Å². The lowest BCUT2D eigenvalue weighted by Gasteiger charge is -2.36. The maximum atomic E-state index is 12.7. The molecule has 0 aromatic carbocycles. The lowest BCUT2D eigenvalue weighted by molar-refractivity contribution is -0.137. The quantitative estimate of drug-likeness (QED) is 0.635. The molecule has 0 aromatic rings. The molecule has 0 aromatic heterocycles. The van der Waals surface area contributed by atoms with Crippen molar-refractivity contribution in [3.05, 3.63) is 0 Å². The van der Waals surface area contributed by atoms with E-state index < -0.39 is 11.6 Å². The number of amides is 4. The maximum absolute atomic E-state index is 12.7. The number of imide groups is 1. The van der Waals surface area contributed by atoms with Gasteiger partial charge in [-0.15, -0.1) is 0 Å². The zero-order valence-electron chi connectivity index (χ0n) is 13.6. The lowest BCUT2D eigenvalue weighted by atomic mass is 9.73. The molecule has 3 fully saturated rings. The van der Waals surface area contributed by atoms with Crippen molar-refractivity contribution in [3.8, 4) is 0 Å². The Morgan fingerprint density at radius 3 is 2.78 bits per heavy atom. The number of nitrogens with zero attached hydrogens (tertiary/aromatic N) is 1. The fourth-order valence-electron chi connectivity index (χ4n) is 3.76. The van der Waals surface area contributed by atoms with Gasteiger partial charge in [-0.05, 0) is 37.5 Å². The summed E-state index contributed by atoms with van der Waals surface area (Å²) in [6.45, 7) is 2.17. The first kappa shape index (κ1) is 16.2. The highest BCUT2D eigenvalue weighted by atomic mass is 16.2.